The van der Waals surface area contributed by atoms with Crippen molar-refractivity contribution in [3.63, 3.8) is 0 Å². The van der Waals surface area contributed by atoms with Crippen LogP contribution in [-0.4, -0.2) is 36.9 Å². The fourth-order valence-corrected chi connectivity index (χ4v) is 2.23. The lowest BCUT2D eigenvalue weighted by molar-refractivity contribution is 0.0624. The summed E-state index contributed by atoms with van der Waals surface area (Å²) in [6.07, 6.45) is 2.38. The van der Waals surface area contributed by atoms with Gasteiger partial charge in [0.25, 0.3) is 5.91 Å². The third-order valence-electron chi connectivity index (χ3n) is 3.46. The number of aliphatic hydroxyl groups excluding tert-OH is 1. The van der Waals surface area contributed by atoms with Gasteiger partial charge in [-0.05, 0) is 37.5 Å². The highest BCUT2D eigenvalue weighted by molar-refractivity contribution is 5.94. The number of ether oxygens (including phenoxy) is 1. The summed E-state index contributed by atoms with van der Waals surface area (Å²) in [6.45, 7) is 3.37. The van der Waals surface area contributed by atoms with Gasteiger partial charge >= 0.3 is 0 Å². The van der Waals surface area contributed by atoms with E-state index in [2.05, 4.69) is 17.2 Å². The summed E-state index contributed by atoms with van der Waals surface area (Å²) in [7, 11) is 0. The molecule has 0 spiro atoms. The van der Waals surface area contributed by atoms with Crippen LogP contribution in [0.3, 0.4) is 0 Å². The van der Waals surface area contributed by atoms with Crippen molar-refractivity contribution in [3.05, 3.63) is 34.9 Å². The second-order valence-electron chi connectivity index (χ2n) is 5.19. The van der Waals surface area contributed by atoms with Crippen molar-refractivity contribution >= 4 is 5.91 Å². The van der Waals surface area contributed by atoms with Crippen LogP contribution in [0.4, 0.5) is 0 Å². The van der Waals surface area contributed by atoms with Gasteiger partial charge in [0.15, 0.2) is 0 Å². The van der Waals surface area contributed by atoms with Gasteiger partial charge in [-0.3, -0.25) is 4.79 Å². The van der Waals surface area contributed by atoms with Crippen LogP contribution >= 0.6 is 0 Å². The molecule has 21 heavy (non-hydrogen) atoms. The number of carbonyl (C=O) groups is 1. The lowest BCUT2D eigenvalue weighted by atomic mass is 10.0. The van der Waals surface area contributed by atoms with Crippen LogP contribution < -0.4 is 5.32 Å². The summed E-state index contributed by atoms with van der Waals surface area (Å²) in [5.41, 5.74) is 2.47. The van der Waals surface area contributed by atoms with Crippen LogP contribution in [0.2, 0.25) is 0 Å². The topological polar surface area (TPSA) is 58.6 Å². The standard InChI is InChI=1S/C17H21NO3/c1-13-7-8-15(11-14(13)5-2-3-9-19)17(20)18-16-6-4-10-21-12-16/h7-8,11,16,19H,3-4,6,9-10,12H2,1H3,(H,18,20). The molecule has 1 heterocycles. The van der Waals surface area contributed by atoms with Gasteiger partial charge in [-0.25, -0.2) is 0 Å². The van der Waals surface area contributed by atoms with E-state index in [0.29, 0.717) is 18.6 Å². The largest absolute Gasteiger partial charge is 0.395 e. The molecule has 1 fully saturated rings. The summed E-state index contributed by atoms with van der Waals surface area (Å²) < 4.78 is 5.37. The molecule has 0 aromatic heterocycles. The van der Waals surface area contributed by atoms with Crippen molar-refractivity contribution in [2.45, 2.75) is 32.2 Å². The molecule has 1 amide bonds. The zero-order valence-corrected chi connectivity index (χ0v) is 12.3. The Labute approximate surface area is 125 Å². The highest BCUT2D eigenvalue weighted by atomic mass is 16.5. The minimum absolute atomic E-state index is 0.0495. The van der Waals surface area contributed by atoms with E-state index in [1.807, 2.05) is 19.1 Å². The summed E-state index contributed by atoms with van der Waals surface area (Å²) in [5.74, 6) is 5.80. The second-order valence-corrected chi connectivity index (χ2v) is 5.19. The number of benzene rings is 1. The number of aliphatic hydroxyl groups is 1. The van der Waals surface area contributed by atoms with Gasteiger partial charge in [0.2, 0.25) is 0 Å². The van der Waals surface area contributed by atoms with Crippen LogP contribution in [-0.2, 0) is 4.74 Å². The monoisotopic (exact) mass is 287 g/mol. The average molecular weight is 287 g/mol. The van der Waals surface area contributed by atoms with E-state index < -0.39 is 0 Å². The number of hydrogen-bond acceptors (Lipinski definition) is 3. The molecular weight excluding hydrogens is 266 g/mol. The molecule has 1 aliphatic rings. The van der Waals surface area contributed by atoms with Crippen molar-refractivity contribution in [2.75, 3.05) is 19.8 Å². The van der Waals surface area contributed by atoms with Crippen LogP contribution in [0.25, 0.3) is 0 Å². The Morgan fingerprint density at radius 3 is 3.10 bits per heavy atom. The molecule has 4 heteroatoms. The minimum atomic E-state index is -0.0873. The Morgan fingerprint density at radius 1 is 1.52 bits per heavy atom. The molecule has 0 bridgehead atoms. The van der Waals surface area contributed by atoms with Crippen LogP contribution in [0.15, 0.2) is 18.2 Å². The van der Waals surface area contributed by atoms with E-state index in [9.17, 15) is 4.79 Å². The van der Waals surface area contributed by atoms with E-state index in [0.717, 1.165) is 30.6 Å². The van der Waals surface area contributed by atoms with E-state index in [1.165, 1.54) is 0 Å². The SMILES string of the molecule is Cc1ccc(C(=O)NC2CCCOC2)cc1C#CCCO. The Kier molecular flexibility index (Phi) is 5.79. The van der Waals surface area contributed by atoms with Crippen molar-refractivity contribution in [2.24, 2.45) is 0 Å². The number of nitrogens with one attached hydrogen (secondary N) is 1. The molecule has 1 aromatic carbocycles. The molecule has 2 rings (SSSR count). The zero-order chi connectivity index (χ0) is 15.1. The fraction of sp³-hybridized carbons (Fsp3) is 0.471. The maximum Gasteiger partial charge on any atom is 0.251 e. The molecule has 2 N–H and O–H groups in total. The van der Waals surface area contributed by atoms with Crippen molar-refractivity contribution in [1.29, 1.82) is 0 Å². The molecule has 1 aromatic rings. The molecule has 1 unspecified atom stereocenters. The van der Waals surface area contributed by atoms with Crippen LogP contribution in [0, 0.1) is 18.8 Å². The molecule has 4 nitrogen and oxygen atoms in total. The Bertz CT molecular complexity index is 551. The van der Waals surface area contributed by atoms with Gasteiger partial charge in [0.05, 0.1) is 19.3 Å². The first-order chi connectivity index (χ1) is 10.2. The number of carbonyl (C=O) groups excluding carboxylic acids is 1. The number of rotatable bonds is 3. The first kappa shape index (κ1) is 15.6. The van der Waals surface area contributed by atoms with Gasteiger partial charge in [-0.15, -0.1) is 0 Å². The summed E-state index contributed by atoms with van der Waals surface area (Å²) in [4.78, 5) is 12.3. The highest BCUT2D eigenvalue weighted by Gasteiger charge is 2.17. The predicted molar refractivity (Wildman–Crippen MR) is 81.1 cm³/mol. The first-order valence-electron chi connectivity index (χ1n) is 7.29. The third kappa shape index (κ3) is 4.59. The summed E-state index contributed by atoms with van der Waals surface area (Å²) in [5, 5.41) is 11.8. The fourth-order valence-electron chi connectivity index (χ4n) is 2.23. The molecule has 0 aliphatic carbocycles. The molecular formula is C17H21NO3. The third-order valence-corrected chi connectivity index (χ3v) is 3.46. The lowest BCUT2D eigenvalue weighted by Crippen LogP contribution is -2.40. The van der Waals surface area contributed by atoms with Crippen LogP contribution in [0.1, 0.15) is 40.7 Å². The van der Waals surface area contributed by atoms with Gasteiger partial charge in [-0.1, -0.05) is 17.9 Å². The number of amides is 1. The Balaban J connectivity index is 2.07. The number of hydrogen-bond donors (Lipinski definition) is 2. The quantitative estimate of drug-likeness (QED) is 0.831. The molecule has 1 saturated heterocycles. The smallest absolute Gasteiger partial charge is 0.251 e. The van der Waals surface area contributed by atoms with Gasteiger partial charge in [-0.2, -0.15) is 0 Å². The Morgan fingerprint density at radius 2 is 2.38 bits per heavy atom. The Hall–Kier alpha value is -1.83. The number of aryl methyl sites for hydroxylation is 1. The molecule has 0 radical (unpaired) electrons. The molecule has 1 atom stereocenters. The lowest BCUT2D eigenvalue weighted by Gasteiger charge is -2.23. The highest BCUT2D eigenvalue weighted by Crippen LogP contribution is 2.12. The van der Waals surface area contributed by atoms with E-state index in [1.54, 1.807) is 6.07 Å². The predicted octanol–water partition coefficient (Wildman–Crippen LogP) is 1.64. The second kappa shape index (κ2) is 7.82. The van der Waals surface area contributed by atoms with Gasteiger partial charge in [0, 0.05) is 24.2 Å². The minimum Gasteiger partial charge on any atom is -0.395 e. The molecule has 1 aliphatic heterocycles. The molecule has 0 saturated carbocycles. The maximum atomic E-state index is 12.3. The van der Waals surface area contributed by atoms with Gasteiger partial charge < -0.3 is 15.2 Å². The molecule has 112 valence electrons. The first-order valence-corrected chi connectivity index (χ1v) is 7.29. The summed E-state index contributed by atoms with van der Waals surface area (Å²) in [6, 6.07) is 5.61. The van der Waals surface area contributed by atoms with E-state index in [-0.39, 0.29) is 18.6 Å². The van der Waals surface area contributed by atoms with Gasteiger partial charge in [0.1, 0.15) is 0 Å². The average Bonchev–Trinajstić information content (AvgIpc) is 2.50. The maximum absolute atomic E-state index is 12.3. The van der Waals surface area contributed by atoms with Crippen molar-refractivity contribution in [3.8, 4) is 11.8 Å². The normalized spacial score (nSPS) is 17.7. The van der Waals surface area contributed by atoms with Crippen LogP contribution in [0.5, 0.6) is 0 Å². The van der Waals surface area contributed by atoms with Crippen molar-refractivity contribution in [1.82, 2.24) is 5.32 Å². The summed E-state index contributed by atoms with van der Waals surface area (Å²) >= 11 is 0. The zero-order valence-electron chi connectivity index (χ0n) is 12.3. The van der Waals surface area contributed by atoms with Crippen molar-refractivity contribution < 1.29 is 14.6 Å². The van der Waals surface area contributed by atoms with E-state index in [4.69, 9.17) is 9.84 Å². The van der Waals surface area contributed by atoms with E-state index >= 15 is 0 Å².